The molecule has 0 aliphatic carbocycles. The Kier molecular flexibility index (Phi) is 5.55. The monoisotopic (exact) mass is 371 g/mol. The average Bonchev–Trinajstić information content (AvgIpc) is 3.31. The first-order valence-electron chi connectivity index (χ1n) is 7.61. The molecule has 2 heterocycles. The van der Waals surface area contributed by atoms with E-state index in [1.54, 1.807) is 29.6 Å². The van der Waals surface area contributed by atoms with E-state index in [0.717, 1.165) is 5.56 Å². The summed E-state index contributed by atoms with van der Waals surface area (Å²) in [6.45, 7) is 0. The van der Waals surface area contributed by atoms with Crippen LogP contribution in [0.25, 0.3) is 16.6 Å². The van der Waals surface area contributed by atoms with Crippen LogP contribution in [0, 0.1) is 5.82 Å². The van der Waals surface area contributed by atoms with Gasteiger partial charge in [0, 0.05) is 17.0 Å². The molecule has 2 N–H and O–H groups in total. The van der Waals surface area contributed by atoms with Crippen LogP contribution in [-0.2, 0) is 16.0 Å². The molecule has 2 amide bonds. The quantitative estimate of drug-likeness (QED) is 0.533. The molecule has 0 atom stereocenters. The number of hydrazine groups is 1. The summed E-state index contributed by atoms with van der Waals surface area (Å²) in [5, 5.41) is 2.44. The van der Waals surface area contributed by atoms with Crippen LogP contribution in [0.4, 0.5) is 4.39 Å². The first-order chi connectivity index (χ1) is 12.6. The van der Waals surface area contributed by atoms with Crippen LogP contribution in [0.5, 0.6) is 0 Å². The third-order valence-electron chi connectivity index (χ3n) is 3.25. The molecule has 0 fully saturated rings. The maximum atomic E-state index is 12.9. The second-order valence-corrected chi connectivity index (χ2v) is 6.07. The second kappa shape index (κ2) is 8.21. The van der Waals surface area contributed by atoms with Gasteiger partial charge < -0.3 is 4.42 Å². The van der Waals surface area contributed by atoms with Crippen molar-refractivity contribution in [3.05, 3.63) is 71.4 Å². The molecule has 0 aliphatic rings. The van der Waals surface area contributed by atoms with Crippen LogP contribution in [0.2, 0.25) is 0 Å². The molecule has 0 saturated carbocycles. The number of amides is 2. The Morgan fingerprint density at radius 1 is 1.19 bits per heavy atom. The lowest BCUT2D eigenvalue weighted by Gasteiger charge is -2.03. The van der Waals surface area contributed by atoms with E-state index >= 15 is 0 Å². The van der Waals surface area contributed by atoms with Gasteiger partial charge in [-0.15, -0.1) is 11.3 Å². The molecule has 8 heteroatoms. The predicted molar refractivity (Wildman–Crippen MR) is 95.2 cm³/mol. The van der Waals surface area contributed by atoms with Crippen LogP contribution < -0.4 is 10.9 Å². The molecule has 0 saturated heterocycles. The van der Waals surface area contributed by atoms with E-state index in [1.165, 1.54) is 41.9 Å². The van der Waals surface area contributed by atoms with Crippen molar-refractivity contribution >= 4 is 29.2 Å². The highest BCUT2D eigenvalue weighted by atomic mass is 32.1. The van der Waals surface area contributed by atoms with Crippen molar-refractivity contribution in [2.24, 2.45) is 0 Å². The number of furan rings is 1. The Bertz CT molecular complexity index is 918. The normalized spacial score (nSPS) is 10.8. The zero-order valence-corrected chi connectivity index (χ0v) is 14.3. The fourth-order valence-corrected chi connectivity index (χ4v) is 2.86. The number of benzene rings is 1. The van der Waals surface area contributed by atoms with E-state index in [0.29, 0.717) is 16.5 Å². The third kappa shape index (κ3) is 4.87. The van der Waals surface area contributed by atoms with E-state index in [2.05, 4.69) is 15.8 Å². The molecular weight excluding hydrogens is 357 g/mol. The molecule has 0 radical (unpaired) electrons. The standard InChI is InChI=1S/C18H14FN3O3S/c19-13-5-3-12(4-6-13)18-20-14(11-26-18)10-17(24)22-21-16(23)8-7-15-2-1-9-25-15/h1-9,11H,10H2,(H,21,23)(H,22,24)/b8-7+. The van der Waals surface area contributed by atoms with Gasteiger partial charge in [0.2, 0.25) is 5.91 Å². The molecule has 0 aliphatic heterocycles. The molecule has 2 aromatic heterocycles. The van der Waals surface area contributed by atoms with Crippen molar-refractivity contribution in [2.45, 2.75) is 6.42 Å². The molecule has 0 spiro atoms. The Morgan fingerprint density at radius 3 is 2.73 bits per heavy atom. The molecule has 132 valence electrons. The summed E-state index contributed by atoms with van der Waals surface area (Å²) in [4.78, 5) is 27.8. The van der Waals surface area contributed by atoms with Gasteiger partial charge in [0.25, 0.3) is 5.91 Å². The number of hydrogen-bond donors (Lipinski definition) is 2. The van der Waals surface area contributed by atoms with Gasteiger partial charge >= 0.3 is 0 Å². The van der Waals surface area contributed by atoms with Gasteiger partial charge in [0.05, 0.1) is 18.4 Å². The summed E-state index contributed by atoms with van der Waals surface area (Å²) in [5.74, 6) is -0.676. The molecule has 0 bridgehead atoms. The Balaban J connectivity index is 1.49. The Morgan fingerprint density at radius 2 is 2.00 bits per heavy atom. The first kappa shape index (κ1) is 17.6. The van der Waals surface area contributed by atoms with E-state index in [4.69, 9.17) is 4.42 Å². The van der Waals surface area contributed by atoms with Gasteiger partial charge in [-0.3, -0.25) is 20.4 Å². The summed E-state index contributed by atoms with van der Waals surface area (Å²) in [6, 6.07) is 9.37. The number of carbonyl (C=O) groups excluding carboxylic acids is 2. The minimum Gasteiger partial charge on any atom is -0.465 e. The van der Waals surface area contributed by atoms with Crippen LogP contribution in [0.15, 0.2) is 58.5 Å². The fourth-order valence-electron chi connectivity index (χ4n) is 2.04. The molecular formula is C18H14FN3O3S. The Labute approximate surface area is 152 Å². The number of hydrogen-bond acceptors (Lipinski definition) is 5. The van der Waals surface area contributed by atoms with Crippen molar-refractivity contribution in [3.8, 4) is 10.6 Å². The molecule has 26 heavy (non-hydrogen) atoms. The van der Waals surface area contributed by atoms with Crippen LogP contribution in [0.1, 0.15) is 11.5 Å². The van der Waals surface area contributed by atoms with Gasteiger partial charge in [0.1, 0.15) is 16.6 Å². The van der Waals surface area contributed by atoms with Gasteiger partial charge in [-0.05, 0) is 42.5 Å². The van der Waals surface area contributed by atoms with Crippen molar-refractivity contribution in [1.29, 1.82) is 0 Å². The predicted octanol–water partition coefficient (Wildman–Crippen LogP) is 2.95. The molecule has 0 unspecified atom stereocenters. The van der Waals surface area contributed by atoms with Gasteiger partial charge in [-0.2, -0.15) is 0 Å². The van der Waals surface area contributed by atoms with Crippen molar-refractivity contribution in [3.63, 3.8) is 0 Å². The SMILES string of the molecule is O=C(/C=C/c1ccco1)NNC(=O)Cc1csc(-c2ccc(F)cc2)n1. The summed E-state index contributed by atoms with van der Waals surface area (Å²) in [6.07, 6.45) is 4.23. The Hall–Kier alpha value is -3.26. The summed E-state index contributed by atoms with van der Waals surface area (Å²) >= 11 is 1.36. The summed E-state index contributed by atoms with van der Waals surface area (Å²) < 4.78 is 18.0. The lowest BCUT2D eigenvalue weighted by Crippen LogP contribution is -2.41. The minimum absolute atomic E-state index is 0.0138. The van der Waals surface area contributed by atoms with Crippen molar-refractivity contribution < 1.29 is 18.4 Å². The van der Waals surface area contributed by atoms with E-state index in [1.807, 2.05) is 0 Å². The zero-order chi connectivity index (χ0) is 18.4. The molecule has 1 aromatic carbocycles. The smallest absolute Gasteiger partial charge is 0.262 e. The number of aromatic nitrogens is 1. The number of rotatable bonds is 5. The molecule has 3 rings (SSSR count). The molecule has 6 nitrogen and oxygen atoms in total. The number of halogens is 1. The topological polar surface area (TPSA) is 84.2 Å². The summed E-state index contributed by atoms with van der Waals surface area (Å²) in [7, 11) is 0. The number of carbonyl (C=O) groups is 2. The van der Waals surface area contributed by atoms with Gasteiger partial charge in [-0.1, -0.05) is 0 Å². The van der Waals surface area contributed by atoms with E-state index in [9.17, 15) is 14.0 Å². The number of nitrogens with one attached hydrogen (secondary N) is 2. The average molecular weight is 371 g/mol. The number of thiazole rings is 1. The maximum absolute atomic E-state index is 12.9. The highest BCUT2D eigenvalue weighted by molar-refractivity contribution is 7.13. The molecule has 3 aromatic rings. The third-order valence-corrected chi connectivity index (χ3v) is 4.19. The highest BCUT2D eigenvalue weighted by Crippen LogP contribution is 2.23. The minimum atomic E-state index is -0.486. The van der Waals surface area contributed by atoms with Gasteiger partial charge in [0.15, 0.2) is 0 Å². The number of nitrogens with zero attached hydrogens (tertiary/aromatic N) is 1. The highest BCUT2D eigenvalue weighted by Gasteiger charge is 2.09. The second-order valence-electron chi connectivity index (χ2n) is 5.21. The zero-order valence-electron chi connectivity index (χ0n) is 13.4. The van der Waals surface area contributed by atoms with Crippen molar-refractivity contribution in [1.82, 2.24) is 15.8 Å². The first-order valence-corrected chi connectivity index (χ1v) is 8.49. The van der Waals surface area contributed by atoms with Crippen LogP contribution in [-0.4, -0.2) is 16.8 Å². The van der Waals surface area contributed by atoms with Crippen molar-refractivity contribution in [2.75, 3.05) is 0 Å². The lowest BCUT2D eigenvalue weighted by atomic mass is 10.2. The van der Waals surface area contributed by atoms with E-state index < -0.39 is 11.8 Å². The lowest BCUT2D eigenvalue weighted by molar-refractivity contribution is -0.126. The van der Waals surface area contributed by atoms with Crippen LogP contribution >= 0.6 is 11.3 Å². The largest absolute Gasteiger partial charge is 0.465 e. The maximum Gasteiger partial charge on any atom is 0.262 e. The summed E-state index contributed by atoms with van der Waals surface area (Å²) in [5.41, 5.74) is 5.93. The van der Waals surface area contributed by atoms with Crippen LogP contribution in [0.3, 0.4) is 0 Å². The van der Waals surface area contributed by atoms with E-state index in [-0.39, 0.29) is 12.2 Å². The fraction of sp³-hybridized carbons (Fsp3) is 0.0556. The van der Waals surface area contributed by atoms with Gasteiger partial charge in [-0.25, -0.2) is 9.37 Å².